The number of hydrogen-bond donors (Lipinski definition) is 0. The Morgan fingerprint density at radius 1 is 1.24 bits per heavy atom. The second-order valence-corrected chi connectivity index (χ2v) is 7.31. The third kappa shape index (κ3) is 3.16. The molecule has 3 heteroatoms. The summed E-state index contributed by atoms with van der Waals surface area (Å²) in [5, 5.41) is 0. The van der Waals surface area contributed by atoms with Gasteiger partial charge in [0.1, 0.15) is 23.0 Å². The van der Waals surface area contributed by atoms with Gasteiger partial charge in [-0.1, -0.05) is 6.92 Å². The average molecular weight is 352 g/mol. The standard InChI is InChI=1S/C14H25IO2/c1-10(2)16-14-6-11(3)5-12(8-14)7-13(4,9-14)17-15/h10-12H,5-9H2,1-4H3. The van der Waals surface area contributed by atoms with E-state index in [1.807, 2.05) is 0 Å². The molecule has 2 saturated carbocycles. The van der Waals surface area contributed by atoms with Crippen LogP contribution >= 0.6 is 23.0 Å². The van der Waals surface area contributed by atoms with E-state index in [4.69, 9.17) is 7.80 Å². The van der Waals surface area contributed by atoms with Crippen LogP contribution in [0.2, 0.25) is 0 Å². The van der Waals surface area contributed by atoms with E-state index in [1.54, 1.807) is 0 Å². The van der Waals surface area contributed by atoms with Crippen molar-refractivity contribution in [2.75, 3.05) is 0 Å². The zero-order valence-corrected chi connectivity index (χ0v) is 13.6. The molecule has 2 nitrogen and oxygen atoms in total. The molecule has 0 radical (unpaired) electrons. The summed E-state index contributed by atoms with van der Waals surface area (Å²) in [7, 11) is 0. The highest BCUT2D eigenvalue weighted by atomic mass is 127. The van der Waals surface area contributed by atoms with Crippen molar-refractivity contribution >= 4 is 23.0 Å². The fourth-order valence-corrected chi connectivity index (χ4v) is 4.68. The number of rotatable bonds is 3. The summed E-state index contributed by atoms with van der Waals surface area (Å²) in [5.41, 5.74) is 0.0905. The van der Waals surface area contributed by atoms with E-state index < -0.39 is 0 Å². The normalized spacial score (nSPS) is 46.2. The SMILES string of the molecule is CC1CC2CC(C)(OI)CC(OC(C)C)(C1)C2. The molecule has 0 saturated heterocycles. The van der Waals surface area contributed by atoms with E-state index in [0.717, 1.165) is 18.3 Å². The largest absolute Gasteiger partial charge is 0.372 e. The van der Waals surface area contributed by atoms with Crippen LogP contribution in [0.1, 0.15) is 59.8 Å². The van der Waals surface area contributed by atoms with Crippen molar-refractivity contribution in [1.82, 2.24) is 0 Å². The zero-order valence-electron chi connectivity index (χ0n) is 11.5. The van der Waals surface area contributed by atoms with Gasteiger partial charge in [0.15, 0.2) is 0 Å². The summed E-state index contributed by atoms with van der Waals surface area (Å²) in [4.78, 5) is 0. The van der Waals surface area contributed by atoms with Crippen LogP contribution < -0.4 is 0 Å². The summed E-state index contributed by atoms with van der Waals surface area (Å²) in [6.45, 7) is 8.93. The van der Waals surface area contributed by atoms with Gasteiger partial charge in [-0.2, -0.15) is 0 Å². The first-order valence-electron chi connectivity index (χ1n) is 6.84. The lowest BCUT2D eigenvalue weighted by Crippen LogP contribution is -2.53. The van der Waals surface area contributed by atoms with Gasteiger partial charge in [-0.15, -0.1) is 0 Å². The third-order valence-corrected chi connectivity index (χ3v) is 5.27. The van der Waals surface area contributed by atoms with Crippen molar-refractivity contribution in [1.29, 1.82) is 0 Å². The quantitative estimate of drug-likeness (QED) is 0.696. The first-order chi connectivity index (χ1) is 7.86. The molecule has 4 unspecified atom stereocenters. The maximum absolute atomic E-state index is 6.33. The highest BCUT2D eigenvalue weighted by Crippen LogP contribution is 2.52. The van der Waals surface area contributed by atoms with Crippen LogP contribution in [0.15, 0.2) is 0 Å². The molecule has 0 aromatic heterocycles. The molecule has 100 valence electrons. The summed E-state index contributed by atoms with van der Waals surface area (Å²) >= 11 is 2.07. The van der Waals surface area contributed by atoms with Gasteiger partial charge in [0.25, 0.3) is 0 Å². The van der Waals surface area contributed by atoms with E-state index in [0.29, 0.717) is 6.10 Å². The monoisotopic (exact) mass is 352 g/mol. The molecule has 0 aliphatic heterocycles. The Balaban J connectivity index is 2.20. The Bertz CT molecular complexity index is 272. The minimum atomic E-state index is 0.0124. The van der Waals surface area contributed by atoms with Gasteiger partial charge in [0, 0.05) is 6.42 Å². The summed E-state index contributed by atoms with van der Waals surface area (Å²) in [6, 6.07) is 0. The second kappa shape index (κ2) is 4.97. The Morgan fingerprint density at radius 3 is 2.53 bits per heavy atom. The third-order valence-electron chi connectivity index (χ3n) is 4.21. The van der Waals surface area contributed by atoms with E-state index in [1.165, 1.54) is 25.7 Å². The lowest BCUT2D eigenvalue weighted by Gasteiger charge is -2.53. The zero-order chi connectivity index (χ0) is 12.7. The van der Waals surface area contributed by atoms with Crippen molar-refractivity contribution in [3.05, 3.63) is 0 Å². The van der Waals surface area contributed by atoms with Crippen molar-refractivity contribution in [3.8, 4) is 0 Å². The Hall–Kier alpha value is 0.650. The highest BCUT2D eigenvalue weighted by Gasteiger charge is 2.51. The molecule has 2 aliphatic carbocycles. The van der Waals surface area contributed by atoms with Gasteiger partial charge < -0.3 is 7.80 Å². The molecule has 0 amide bonds. The summed E-state index contributed by atoms with van der Waals surface area (Å²) in [5.74, 6) is 1.58. The average Bonchev–Trinajstić information content (AvgIpc) is 2.12. The second-order valence-electron chi connectivity index (χ2n) is 6.87. The maximum atomic E-state index is 6.33. The van der Waals surface area contributed by atoms with E-state index in [-0.39, 0.29) is 11.2 Å². The van der Waals surface area contributed by atoms with Crippen molar-refractivity contribution < 1.29 is 7.80 Å². The Labute approximate surface area is 120 Å². The van der Waals surface area contributed by atoms with Crippen LogP contribution in [0.3, 0.4) is 0 Å². The van der Waals surface area contributed by atoms with Crippen molar-refractivity contribution in [2.24, 2.45) is 11.8 Å². The predicted octanol–water partition coefficient (Wildman–Crippen LogP) is 4.51. The van der Waals surface area contributed by atoms with Gasteiger partial charge in [0.05, 0.1) is 17.3 Å². The Kier molecular flexibility index (Phi) is 4.11. The summed E-state index contributed by atoms with van der Waals surface area (Å²) < 4.78 is 12.1. The molecule has 2 fully saturated rings. The van der Waals surface area contributed by atoms with E-state index in [9.17, 15) is 0 Å². The van der Waals surface area contributed by atoms with Crippen molar-refractivity contribution in [3.63, 3.8) is 0 Å². The minimum absolute atomic E-state index is 0.0124. The van der Waals surface area contributed by atoms with Gasteiger partial charge >= 0.3 is 0 Å². The molecular weight excluding hydrogens is 327 g/mol. The molecular formula is C14H25IO2. The molecule has 2 rings (SSSR count). The lowest BCUT2D eigenvalue weighted by molar-refractivity contribution is -0.176. The van der Waals surface area contributed by atoms with Gasteiger partial charge in [-0.25, -0.2) is 0 Å². The molecule has 4 atom stereocenters. The van der Waals surface area contributed by atoms with E-state index in [2.05, 4.69) is 50.7 Å². The number of halogens is 1. The fourth-order valence-electron chi connectivity index (χ4n) is 4.34. The first-order valence-corrected chi connectivity index (χ1v) is 7.72. The predicted molar refractivity (Wildman–Crippen MR) is 78.2 cm³/mol. The number of fused-ring (bicyclic) bond motifs is 2. The molecule has 0 spiro atoms. The molecule has 0 aromatic rings. The van der Waals surface area contributed by atoms with Crippen LogP contribution in [-0.4, -0.2) is 17.3 Å². The van der Waals surface area contributed by atoms with Gasteiger partial charge in [0.2, 0.25) is 0 Å². The molecule has 0 N–H and O–H groups in total. The smallest absolute Gasteiger partial charge is 0.110 e. The number of ether oxygens (including phenoxy) is 1. The summed E-state index contributed by atoms with van der Waals surface area (Å²) in [6.07, 6.45) is 6.37. The first kappa shape index (κ1) is 14.1. The lowest BCUT2D eigenvalue weighted by atomic mass is 9.61. The highest BCUT2D eigenvalue weighted by molar-refractivity contribution is 14.1. The molecule has 17 heavy (non-hydrogen) atoms. The number of hydrogen-bond acceptors (Lipinski definition) is 2. The van der Waals surface area contributed by atoms with E-state index >= 15 is 0 Å². The molecule has 2 aliphatic rings. The molecule has 0 aromatic carbocycles. The van der Waals surface area contributed by atoms with Crippen molar-refractivity contribution in [2.45, 2.75) is 77.1 Å². The fraction of sp³-hybridized carbons (Fsp3) is 1.00. The van der Waals surface area contributed by atoms with Crippen LogP contribution in [0.4, 0.5) is 0 Å². The Morgan fingerprint density at radius 2 is 1.94 bits per heavy atom. The van der Waals surface area contributed by atoms with Gasteiger partial charge in [-0.05, 0) is 58.3 Å². The minimum Gasteiger partial charge on any atom is -0.372 e. The van der Waals surface area contributed by atoms with Crippen LogP contribution in [0.25, 0.3) is 0 Å². The topological polar surface area (TPSA) is 18.5 Å². The van der Waals surface area contributed by atoms with Crippen LogP contribution in [0.5, 0.6) is 0 Å². The maximum Gasteiger partial charge on any atom is 0.110 e. The van der Waals surface area contributed by atoms with Gasteiger partial charge in [-0.3, -0.25) is 0 Å². The van der Waals surface area contributed by atoms with Crippen LogP contribution in [0, 0.1) is 11.8 Å². The molecule has 2 bridgehead atoms. The molecule has 0 heterocycles. The van der Waals surface area contributed by atoms with Crippen LogP contribution in [-0.2, 0) is 7.80 Å².